The molecule has 10 heteroatoms. The van der Waals surface area contributed by atoms with Crippen molar-refractivity contribution in [2.24, 2.45) is 0 Å². The zero-order chi connectivity index (χ0) is 24.1. The molecule has 0 fully saturated rings. The quantitative estimate of drug-likeness (QED) is 0.317. The van der Waals surface area contributed by atoms with Gasteiger partial charge >= 0.3 is 6.18 Å². The fourth-order valence-electron chi connectivity index (χ4n) is 2.75. The molecule has 2 rings (SSSR count). The Labute approximate surface area is 197 Å². The number of benzene rings is 2. The highest BCUT2D eigenvalue weighted by Crippen LogP contribution is 2.41. The van der Waals surface area contributed by atoms with Gasteiger partial charge in [0.2, 0.25) is 5.91 Å². The second-order valence-corrected chi connectivity index (χ2v) is 8.00. The van der Waals surface area contributed by atoms with E-state index in [2.05, 4.69) is 0 Å². The Hall–Kier alpha value is -2.53. The molecule has 0 aromatic heterocycles. The first-order valence-electron chi connectivity index (χ1n) is 9.07. The molecule has 0 radical (unpaired) electrons. The van der Waals surface area contributed by atoms with Gasteiger partial charge in [0, 0.05) is 12.6 Å². The van der Waals surface area contributed by atoms with Gasteiger partial charge in [-0.25, -0.2) is 0 Å². The van der Waals surface area contributed by atoms with E-state index in [1.807, 2.05) is 0 Å². The summed E-state index contributed by atoms with van der Waals surface area (Å²) in [5.41, 5.74) is 0.545. The third-order valence-electron chi connectivity index (χ3n) is 4.47. The zero-order valence-electron chi connectivity index (χ0n) is 16.6. The van der Waals surface area contributed by atoms with E-state index in [0.717, 1.165) is 23.1 Å². The van der Waals surface area contributed by atoms with Crippen LogP contribution in [0.1, 0.15) is 33.8 Å². The molecule has 0 bridgehead atoms. The predicted molar refractivity (Wildman–Crippen MR) is 118 cm³/mol. The van der Waals surface area contributed by atoms with E-state index in [9.17, 15) is 22.8 Å². The van der Waals surface area contributed by atoms with Crippen molar-refractivity contribution < 1.29 is 22.8 Å². The minimum Gasteiger partial charge on any atom is -0.337 e. The standard InChI is InChI=1S/C22H16Cl3F3N2O2/c1-30(20(32)8-9-29)12-19(31)14-5-2-13(3-6-14)4-7-16(22(26,27)28)15-10-17(23)21(25)18(24)11-15/h2-7,10-11,16H,8,12H2,1H3/b7-4+. The van der Waals surface area contributed by atoms with E-state index >= 15 is 0 Å². The van der Waals surface area contributed by atoms with Crippen LogP contribution in [0.5, 0.6) is 0 Å². The number of rotatable bonds is 7. The van der Waals surface area contributed by atoms with Crippen molar-refractivity contribution in [3.63, 3.8) is 0 Å². The molecule has 0 aliphatic heterocycles. The van der Waals surface area contributed by atoms with Crippen LogP contribution in [0.2, 0.25) is 15.1 Å². The van der Waals surface area contributed by atoms with Crippen LogP contribution < -0.4 is 0 Å². The molecule has 0 aliphatic rings. The van der Waals surface area contributed by atoms with Crippen molar-refractivity contribution in [1.82, 2.24) is 4.90 Å². The molecule has 1 atom stereocenters. The summed E-state index contributed by atoms with van der Waals surface area (Å²) in [6.07, 6.45) is -2.71. The lowest BCUT2D eigenvalue weighted by Crippen LogP contribution is -2.31. The third-order valence-corrected chi connectivity index (χ3v) is 5.67. The number of nitriles is 1. The first-order chi connectivity index (χ1) is 14.9. The van der Waals surface area contributed by atoms with Gasteiger partial charge < -0.3 is 4.90 Å². The van der Waals surface area contributed by atoms with Gasteiger partial charge in [-0.15, -0.1) is 0 Å². The second-order valence-electron chi connectivity index (χ2n) is 6.81. The van der Waals surface area contributed by atoms with Crippen LogP contribution in [0.3, 0.4) is 0 Å². The summed E-state index contributed by atoms with van der Waals surface area (Å²) < 4.78 is 40.9. The van der Waals surface area contributed by atoms with E-state index in [0.29, 0.717) is 5.56 Å². The Bertz CT molecular complexity index is 1050. The van der Waals surface area contributed by atoms with Gasteiger partial charge in [-0.3, -0.25) is 9.59 Å². The molecule has 2 aromatic carbocycles. The normalized spacial score (nSPS) is 12.4. The van der Waals surface area contributed by atoms with Crippen molar-refractivity contribution in [2.45, 2.75) is 18.5 Å². The summed E-state index contributed by atoms with van der Waals surface area (Å²) in [4.78, 5) is 25.0. The number of hydrogen-bond acceptors (Lipinski definition) is 3. The van der Waals surface area contributed by atoms with Gasteiger partial charge in [0.1, 0.15) is 6.42 Å². The summed E-state index contributed by atoms with van der Waals surface area (Å²) in [6.45, 7) is -0.218. The minimum atomic E-state index is -4.60. The van der Waals surface area contributed by atoms with Gasteiger partial charge in [0.05, 0.1) is 33.6 Å². The largest absolute Gasteiger partial charge is 0.399 e. The number of Topliss-reactive ketones (excluding diaryl/α,β-unsaturated/α-hetero) is 1. The molecular weight excluding hydrogens is 488 g/mol. The number of allylic oxidation sites excluding steroid dienone is 1. The first kappa shape index (κ1) is 25.7. The number of amides is 1. The molecule has 0 saturated heterocycles. The molecule has 168 valence electrons. The van der Waals surface area contributed by atoms with E-state index in [4.69, 9.17) is 40.1 Å². The maximum atomic E-state index is 13.6. The SMILES string of the molecule is CN(CC(=O)c1ccc(/C=C/C(c2cc(Cl)c(Cl)c(Cl)c2)C(F)(F)F)cc1)C(=O)CC#N. The number of halogens is 6. The van der Waals surface area contributed by atoms with Crippen LogP contribution in [0.25, 0.3) is 6.08 Å². The molecule has 4 nitrogen and oxygen atoms in total. The van der Waals surface area contributed by atoms with Crippen LogP contribution in [-0.2, 0) is 4.79 Å². The second kappa shape index (κ2) is 10.9. The van der Waals surface area contributed by atoms with Crippen LogP contribution in [0.15, 0.2) is 42.5 Å². The van der Waals surface area contributed by atoms with Crippen LogP contribution in [0, 0.1) is 11.3 Å². The molecule has 0 saturated carbocycles. The van der Waals surface area contributed by atoms with E-state index in [1.165, 1.54) is 37.4 Å². The van der Waals surface area contributed by atoms with Crippen LogP contribution >= 0.6 is 34.8 Å². The van der Waals surface area contributed by atoms with Crippen molar-refractivity contribution in [3.8, 4) is 6.07 Å². The summed E-state index contributed by atoms with van der Waals surface area (Å²) in [7, 11) is 1.40. The van der Waals surface area contributed by atoms with E-state index in [-0.39, 0.29) is 44.9 Å². The Morgan fingerprint density at radius 3 is 2.19 bits per heavy atom. The van der Waals surface area contributed by atoms with Gasteiger partial charge in [0.25, 0.3) is 0 Å². The zero-order valence-corrected chi connectivity index (χ0v) is 18.9. The fourth-order valence-corrected chi connectivity index (χ4v) is 3.36. The van der Waals surface area contributed by atoms with Crippen molar-refractivity contribution in [1.29, 1.82) is 5.26 Å². The summed E-state index contributed by atoms with van der Waals surface area (Å²) in [5, 5.41) is 8.34. The van der Waals surface area contributed by atoms with Gasteiger partial charge in [0.15, 0.2) is 5.78 Å². The summed E-state index contributed by atoms with van der Waals surface area (Å²) >= 11 is 17.6. The molecule has 0 spiro atoms. The number of carbonyl (C=O) groups is 2. The minimum absolute atomic E-state index is 0.0257. The molecule has 1 unspecified atom stereocenters. The molecule has 1 amide bonds. The van der Waals surface area contributed by atoms with Gasteiger partial charge in [-0.2, -0.15) is 18.4 Å². The maximum absolute atomic E-state index is 13.6. The monoisotopic (exact) mass is 502 g/mol. The molecule has 0 heterocycles. The fraction of sp³-hybridized carbons (Fsp3) is 0.227. The highest BCUT2D eigenvalue weighted by atomic mass is 35.5. The average molecular weight is 504 g/mol. The topological polar surface area (TPSA) is 61.2 Å². The van der Waals surface area contributed by atoms with Gasteiger partial charge in [-0.1, -0.05) is 71.2 Å². The molecule has 2 aromatic rings. The Kier molecular flexibility index (Phi) is 8.73. The lowest BCUT2D eigenvalue weighted by molar-refractivity contribution is -0.139. The van der Waals surface area contributed by atoms with Crippen LogP contribution in [0.4, 0.5) is 13.2 Å². The summed E-state index contributed by atoms with van der Waals surface area (Å²) in [6, 6.07) is 9.80. The molecular formula is C22H16Cl3F3N2O2. The Morgan fingerprint density at radius 2 is 1.69 bits per heavy atom. The predicted octanol–water partition coefficient (Wildman–Crippen LogP) is 6.56. The molecule has 32 heavy (non-hydrogen) atoms. The van der Waals surface area contributed by atoms with Crippen molar-refractivity contribution in [3.05, 3.63) is 74.2 Å². The van der Waals surface area contributed by atoms with Gasteiger partial charge in [-0.05, 0) is 23.3 Å². The smallest absolute Gasteiger partial charge is 0.337 e. The van der Waals surface area contributed by atoms with E-state index in [1.54, 1.807) is 6.07 Å². The number of carbonyl (C=O) groups excluding carboxylic acids is 2. The maximum Gasteiger partial charge on any atom is 0.399 e. The van der Waals surface area contributed by atoms with Crippen molar-refractivity contribution >= 4 is 52.6 Å². The van der Waals surface area contributed by atoms with Crippen molar-refractivity contribution in [2.75, 3.05) is 13.6 Å². The lowest BCUT2D eigenvalue weighted by Gasteiger charge is -2.18. The number of hydrogen-bond donors (Lipinski definition) is 0. The average Bonchev–Trinajstić information content (AvgIpc) is 2.71. The Balaban J connectivity index is 2.20. The lowest BCUT2D eigenvalue weighted by atomic mass is 9.97. The van der Waals surface area contributed by atoms with E-state index < -0.39 is 18.0 Å². The highest BCUT2D eigenvalue weighted by molar-refractivity contribution is 6.48. The summed E-state index contributed by atoms with van der Waals surface area (Å²) in [5.74, 6) is -2.83. The highest BCUT2D eigenvalue weighted by Gasteiger charge is 2.39. The number of nitrogens with zero attached hydrogens (tertiary/aromatic N) is 2. The number of alkyl halides is 3. The molecule has 0 N–H and O–H groups in total. The van der Waals surface area contributed by atoms with Crippen LogP contribution in [-0.4, -0.2) is 36.4 Å². The number of likely N-dealkylation sites (N-methyl/N-ethyl adjacent to an activating group) is 1. The third kappa shape index (κ3) is 6.73. The molecule has 0 aliphatic carbocycles. The number of ketones is 1. The first-order valence-corrected chi connectivity index (χ1v) is 10.2. The Morgan fingerprint density at radius 1 is 1.12 bits per heavy atom.